The summed E-state index contributed by atoms with van der Waals surface area (Å²) in [6.45, 7) is 2.23. The Morgan fingerprint density at radius 3 is 2.81 bits per heavy atom. The number of fused-ring (bicyclic) bond motifs is 1. The first-order chi connectivity index (χ1) is 10.2. The van der Waals surface area contributed by atoms with Gasteiger partial charge in [0.05, 0.1) is 10.8 Å². The highest BCUT2D eigenvalue weighted by atomic mass is 16.1. The number of hydrogen-bond donors (Lipinski definition) is 3. The largest absolute Gasteiger partial charge is 0.382 e. The molecule has 5 nitrogen and oxygen atoms in total. The third-order valence-corrected chi connectivity index (χ3v) is 4.55. The fourth-order valence-electron chi connectivity index (χ4n) is 3.36. The lowest BCUT2D eigenvalue weighted by molar-refractivity contribution is 0.327. The van der Waals surface area contributed by atoms with Gasteiger partial charge < -0.3 is 5.32 Å². The average molecular weight is 287 g/mol. The van der Waals surface area contributed by atoms with Crippen molar-refractivity contribution in [2.45, 2.75) is 45.1 Å². The molecule has 0 saturated heterocycles. The standard InChI is InChI=1S/C16H21N3O2/c1-2-10-5-3-6-11(9-10)17-13-8-4-7-12-14(13)16(21)19-18-15(12)20/h4,7-8,10-11,17H,2-3,5-6,9H2,1H3,(H,18,20)(H,19,21). The van der Waals surface area contributed by atoms with Crippen LogP contribution in [0, 0.1) is 5.92 Å². The second-order valence-corrected chi connectivity index (χ2v) is 5.92. The molecule has 2 unspecified atom stereocenters. The molecule has 1 fully saturated rings. The van der Waals surface area contributed by atoms with Crippen LogP contribution < -0.4 is 16.4 Å². The monoisotopic (exact) mass is 287 g/mol. The summed E-state index contributed by atoms with van der Waals surface area (Å²) >= 11 is 0. The highest BCUT2D eigenvalue weighted by Crippen LogP contribution is 2.29. The smallest absolute Gasteiger partial charge is 0.272 e. The maximum Gasteiger partial charge on any atom is 0.272 e. The van der Waals surface area contributed by atoms with Gasteiger partial charge in [0.2, 0.25) is 0 Å². The molecule has 1 aliphatic rings. The van der Waals surface area contributed by atoms with Gasteiger partial charge in [0.15, 0.2) is 0 Å². The van der Waals surface area contributed by atoms with Crippen molar-refractivity contribution < 1.29 is 0 Å². The first-order valence-corrected chi connectivity index (χ1v) is 7.69. The van der Waals surface area contributed by atoms with Crippen molar-refractivity contribution in [3.05, 3.63) is 38.9 Å². The summed E-state index contributed by atoms with van der Waals surface area (Å²) in [5.41, 5.74) is 0.250. The Bertz CT molecular complexity index is 747. The molecule has 2 aromatic rings. The van der Waals surface area contributed by atoms with E-state index in [4.69, 9.17) is 0 Å². The molecule has 5 heteroatoms. The van der Waals surface area contributed by atoms with Gasteiger partial charge in [-0.25, -0.2) is 0 Å². The zero-order valence-electron chi connectivity index (χ0n) is 12.2. The Kier molecular flexibility index (Phi) is 3.82. The second kappa shape index (κ2) is 5.76. The molecule has 21 heavy (non-hydrogen) atoms. The van der Waals surface area contributed by atoms with E-state index in [9.17, 15) is 9.59 Å². The second-order valence-electron chi connectivity index (χ2n) is 5.92. The van der Waals surface area contributed by atoms with Crippen molar-refractivity contribution in [2.24, 2.45) is 5.92 Å². The van der Waals surface area contributed by atoms with Gasteiger partial charge in [-0.1, -0.05) is 32.3 Å². The molecule has 0 radical (unpaired) electrons. The number of aromatic nitrogens is 2. The van der Waals surface area contributed by atoms with E-state index in [2.05, 4.69) is 22.4 Å². The van der Waals surface area contributed by atoms with Crippen molar-refractivity contribution in [3.8, 4) is 0 Å². The number of anilines is 1. The molecule has 1 aliphatic carbocycles. The van der Waals surface area contributed by atoms with Crippen LogP contribution in [0.5, 0.6) is 0 Å². The maximum absolute atomic E-state index is 12.0. The molecule has 1 saturated carbocycles. The van der Waals surface area contributed by atoms with Crippen LogP contribution in [0.3, 0.4) is 0 Å². The Labute approximate surface area is 122 Å². The van der Waals surface area contributed by atoms with E-state index in [-0.39, 0.29) is 11.1 Å². The van der Waals surface area contributed by atoms with Gasteiger partial charge in [0.25, 0.3) is 11.1 Å². The molecule has 0 amide bonds. The third kappa shape index (κ3) is 2.73. The van der Waals surface area contributed by atoms with Crippen LogP contribution in [0.1, 0.15) is 39.0 Å². The summed E-state index contributed by atoms with van der Waals surface area (Å²) in [4.78, 5) is 23.9. The minimum atomic E-state index is -0.261. The maximum atomic E-state index is 12.0. The zero-order valence-corrected chi connectivity index (χ0v) is 12.2. The summed E-state index contributed by atoms with van der Waals surface area (Å²) in [5, 5.41) is 9.15. The van der Waals surface area contributed by atoms with Gasteiger partial charge in [-0.3, -0.25) is 19.8 Å². The molecule has 112 valence electrons. The molecular weight excluding hydrogens is 266 g/mol. The van der Waals surface area contributed by atoms with E-state index < -0.39 is 0 Å². The average Bonchev–Trinajstić information content (AvgIpc) is 2.51. The van der Waals surface area contributed by atoms with Gasteiger partial charge in [0, 0.05) is 11.7 Å². The van der Waals surface area contributed by atoms with Crippen LogP contribution in [0.4, 0.5) is 5.69 Å². The SMILES string of the molecule is CCC1CCCC(Nc2cccc3c(=O)[nH][nH]c(=O)c23)C1. The first-order valence-electron chi connectivity index (χ1n) is 7.69. The van der Waals surface area contributed by atoms with E-state index in [1.807, 2.05) is 12.1 Å². The van der Waals surface area contributed by atoms with Crippen LogP contribution in [-0.2, 0) is 0 Å². The zero-order chi connectivity index (χ0) is 14.8. The quantitative estimate of drug-likeness (QED) is 0.812. The number of rotatable bonds is 3. The number of hydrogen-bond acceptors (Lipinski definition) is 3. The lowest BCUT2D eigenvalue weighted by atomic mass is 9.84. The van der Waals surface area contributed by atoms with E-state index >= 15 is 0 Å². The fraction of sp³-hybridized carbons (Fsp3) is 0.500. The minimum absolute atomic E-state index is 0.254. The molecule has 2 atom stereocenters. The van der Waals surface area contributed by atoms with Gasteiger partial charge >= 0.3 is 0 Å². The van der Waals surface area contributed by atoms with E-state index in [1.54, 1.807) is 6.07 Å². The van der Waals surface area contributed by atoms with Gasteiger partial charge in [-0.15, -0.1) is 0 Å². The van der Waals surface area contributed by atoms with Crippen LogP contribution in [-0.4, -0.2) is 16.2 Å². The molecule has 0 aliphatic heterocycles. The van der Waals surface area contributed by atoms with E-state index in [0.717, 1.165) is 24.4 Å². The Hall–Kier alpha value is -2.04. The molecule has 0 bridgehead atoms. The highest BCUT2D eigenvalue weighted by molar-refractivity contribution is 5.92. The van der Waals surface area contributed by atoms with Crippen molar-refractivity contribution in [2.75, 3.05) is 5.32 Å². The number of nitrogens with one attached hydrogen (secondary N) is 3. The van der Waals surface area contributed by atoms with E-state index in [1.165, 1.54) is 19.3 Å². The number of H-pyrrole nitrogens is 2. The van der Waals surface area contributed by atoms with Crippen molar-refractivity contribution in [1.82, 2.24) is 10.2 Å². The van der Waals surface area contributed by atoms with Crippen LogP contribution in [0.15, 0.2) is 27.8 Å². The summed E-state index contributed by atoms with van der Waals surface area (Å²) in [6.07, 6.45) is 5.97. The van der Waals surface area contributed by atoms with Crippen LogP contribution >= 0.6 is 0 Å². The topological polar surface area (TPSA) is 77.8 Å². The molecular formula is C16H21N3O2. The van der Waals surface area contributed by atoms with Gasteiger partial charge in [0.1, 0.15) is 0 Å². The molecule has 3 N–H and O–H groups in total. The third-order valence-electron chi connectivity index (χ3n) is 4.55. The van der Waals surface area contributed by atoms with Crippen molar-refractivity contribution in [1.29, 1.82) is 0 Å². The minimum Gasteiger partial charge on any atom is -0.382 e. The van der Waals surface area contributed by atoms with Gasteiger partial charge in [-0.05, 0) is 30.9 Å². The molecule has 1 heterocycles. The summed E-state index contributed by atoms with van der Waals surface area (Å²) in [7, 11) is 0. The van der Waals surface area contributed by atoms with Gasteiger partial charge in [-0.2, -0.15) is 0 Å². The number of benzene rings is 1. The fourth-order valence-corrected chi connectivity index (χ4v) is 3.36. The van der Waals surface area contributed by atoms with Crippen molar-refractivity contribution in [3.63, 3.8) is 0 Å². The Morgan fingerprint density at radius 1 is 1.19 bits per heavy atom. The molecule has 1 aromatic carbocycles. The summed E-state index contributed by atoms with van der Waals surface area (Å²) in [5.74, 6) is 0.757. The Morgan fingerprint density at radius 2 is 2.00 bits per heavy atom. The summed E-state index contributed by atoms with van der Waals surface area (Å²) < 4.78 is 0. The lowest BCUT2D eigenvalue weighted by Gasteiger charge is -2.30. The molecule has 3 rings (SSSR count). The predicted molar refractivity (Wildman–Crippen MR) is 84.8 cm³/mol. The predicted octanol–water partition coefficient (Wildman–Crippen LogP) is 2.60. The summed E-state index contributed by atoms with van der Waals surface area (Å²) in [6, 6.07) is 5.77. The number of aromatic amines is 2. The van der Waals surface area contributed by atoms with Crippen LogP contribution in [0.25, 0.3) is 10.8 Å². The Balaban J connectivity index is 1.96. The lowest BCUT2D eigenvalue weighted by Crippen LogP contribution is -2.28. The molecule has 0 spiro atoms. The highest BCUT2D eigenvalue weighted by Gasteiger charge is 2.21. The van der Waals surface area contributed by atoms with E-state index in [0.29, 0.717) is 16.8 Å². The van der Waals surface area contributed by atoms with Crippen molar-refractivity contribution >= 4 is 16.5 Å². The van der Waals surface area contributed by atoms with Crippen LogP contribution in [0.2, 0.25) is 0 Å². The molecule has 1 aromatic heterocycles. The normalized spacial score (nSPS) is 22.3. The first kappa shape index (κ1) is 13.9.